The molecule has 3 aromatic rings. The van der Waals surface area contributed by atoms with Gasteiger partial charge < -0.3 is 9.88 Å². The van der Waals surface area contributed by atoms with E-state index in [1.165, 1.54) is 7.05 Å². The van der Waals surface area contributed by atoms with Gasteiger partial charge in [-0.05, 0) is 37.6 Å². The molecule has 0 bridgehead atoms. The average molecular weight is 375 g/mol. The lowest BCUT2D eigenvalue weighted by Gasteiger charge is -2.22. The summed E-state index contributed by atoms with van der Waals surface area (Å²) in [6.07, 6.45) is 0.882. The number of nitrogens with zero attached hydrogens (tertiary/aromatic N) is 3. The molecule has 0 fully saturated rings. The van der Waals surface area contributed by atoms with Crippen LogP contribution in [0.5, 0.6) is 0 Å². The Morgan fingerprint density at radius 2 is 2.00 bits per heavy atom. The van der Waals surface area contributed by atoms with Gasteiger partial charge in [-0.15, -0.1) is 0 Å². The molecule has 1 aromatic carbocycles. The van der Waals surface area contributed by atoms with Gasteiger partial charge in [0, 0.05) is 18.5 Å². The third kappa shape index (κ3) is 2.84. The van der Waals surface area contributed by atoms with Gasteiger partial charge in [-0.2, -0.15) is 0 Å². The molecule has 26 heavy (non-hydrogen) atoms. The van der Waals surface area contributed by atoms with Gasteiger partial charge >= 0.3 is 0 Å². The molecule has 0 atom stereocenters. The number of para-hydroxylation sites is 1. The lowest BCUT2D eigenvalue weighted by Crippen LogP contribution is -2.29. The standard InChI is InChI=1S/C18H16ClFN4O2/c1-9(2)24-12-7-5-4-6-10(12)16(25)13(15(24)17(26)21-3)14-11(20)8-22-18(19)23-14/h4-9H,1-3H3,(H,21,26). The van der Waals surface area contributed by atoms with Crippen molar-refractivity contribution in [2.75, 3.05) is 7.05 Å². The Morgan fingerprint density at radius 1 is 1.31 bits per heavy atom. The second-order valence-electron chi connectivity index (χ2n) is 5.95. The number of amides is 1. The highest BCUT2D eigenvalue weighted by Crippen LogP contribution is 2.28. The Labute approximate surface area is 153 Å². The van der Waals surface area contributed by atoms with Crippen molar-refractivity contribution in [2.24, 2.45) is 0 Å². The van der Waals surface area contributed by atoms with Crippen LogP contribution >= 0.6 is 11.6 Å². The molecule has 0 saturated heterocycles. The Morgan fingerprint density at radius 3 is 2.65 bits per heavy atom. The van der Waals surface area contributed by atoms with Crippen molar-refractivity contribution >= 4 is 28.4 Å². The van der Waals surface area contributed by atoms with Crippen molar-refractivity contribution in [3.63, 3.8) is 0 Å². The minimum Gasteiger partial charge on any atom is -0.354 e. The number of benzene rings is 1. The molecule has 0 aliphatic carbocycles. The number of nitrogens with one attached hydrogen (secondary N) is 1. The largest absolute Gasteiger partial charge is 0.354 e. The first-order chi connectivity index (χ1) is 12.4. The molecule has 0 saturated carbocycles. The van der Waals surface area contributed by atoms with E-state index in [1.807, 2.05) is 13.8 Å². The van der Waals surface area contributed by atoms with Crippen molar-refractivity contribution in [3.05, 3.63) is 57.5 Å². The third-order valence-electron chi connectivity index (χ3n) is 4.02. The lowest BCUT2D eigenvalue weighted by atomic mass is 10.0. The van der Waals surface area contributed by atoms with E-state index >= 15 is 0 Å². The molecule has 0 unspecified atom stereocenters. The number of aromatic nitrogens is 3. The van der Waals surface area contributed by atoms with Crippen LogP contribution in [0.2, 0.25) is 5.28 Å². The number of hydrogen-bond acceptors (Lipinski definition) is 4. The van der Waals surface area contributed by atoms with Crippen molar-refractivity contribution in [2.45, 2.75) is 19.9 Å². The molecule has 2 heterocycles. The summed E-state index contributed by atoms with van der Waals surface area (Å²) in [5.41, 5.74) is -0.327. The van der Waals surface area contributed by atoms with E-state index in [9.17, 15) is 14.0 Å². The van der Waals surface area contributed by atoms with E-state index in [-0.39, 0.29) is 28.3 Å². The molecule has 0 aliphatic rings. The van der Waals surface area contributed by atoms with Crippen molar-refractivity contribution in [1.82, 2.24) is 19.9 Å². The summed E-state index contributed by atoms with van der Waals surface area (Å²) < 4.78 is 16.1. The second kappa shape index (κ2) is 6.84. The van der Waals surface area contributed by atoms with E-state index in [0.29, 0.717) is 10.9 Å². The number of carbonyl (C=O) groups is 1. The van der Waals surface area contributed by atoms with Gasteiger partial charge in [0.2, 0.25) is 5.28 Å². The molecule has 2 aromatic heterocycles. The summed E-state index contributed by atoms with van der Waals surface area (Å²) in [5, 5.41) is 2.66. The highest BCUT2D eigenvalue weighted by Gasteiger charge is 2.27. The predicted molar refractivity (Wildman–Crippen MR) is 98.0 cm³/mol. The average Bonchev–Trinajstić information content (AvgIpc) is 2.63. The molecule has 0 aliphatic heterocycles. The van der Waals surface area contributed by atoms with Gasteiger partial charge in [0.05, 0.1) is 17.3 Å². The maximum absolute atomic E-state index is 14.5. The molecule has 8 heteroatoms. The fourth-order valence-corrected chi connectivity index (χ4v) is 3.11. The maximum Gasteiger partial charge on any atom is 0.268 e. The first kappa shape index (κ1) is 18.0. The Hall–Kier alpha value is -2.80. The van der Waals surface area contributed by atoms with E-state index in [4.69, 9.17) is 11.6 Å². The molecular formula is C18H16ClFN4O2. The first-order valence-corrected chi connectivity index (χ1v) is 8.32. The van der Waals surface area contributed by atoms with Crippen LogP contribution in [0.4, 0.5) is 4.39 Å². The topological polar surface area (TPSA) is 76.9 Å². The molecule has 134 valence electrons. The monoisotopic (exact) mass is 374 g/mol. The van der Waals surface area contributed by atoms with Crippen LogP contribution < -0.4 is 10.7 Å². The van der Waals surface area contributed by atoms with Gasteiger partial charge in [-0.1, -0.05) is 12.1 Å². The Kier molecular flexibility index (Phi) is 4.73. The highest BCUT2D eigenvalue weighted by atomic mass is 35.5. The fraction of sp³-hybridized carbons (Fsp3) is 0.222. The molecule has 1 N–H and O–H groups in total. The van der Waals surface area contributed by atoms with Crippen LogP contribution in [-0.2, 0) is 0 Å². The number of pyridine rings is 1. The van der Waals surface area contributed by atoms with Gasteiger partial charge in [0.25, 0.3) is 5.91 Å². The summed E-state index contributed by atoms with van der Waals surface area (Å²) in [7, 11) is 1.44. The Balaban J connectivity index is 2.60. The quantitative estimate of drug-likeness (QED) is 0.714. The summed E-state index contributed by atoms with van der Waals surface area (Å²) in [5.74, 6) is -1.35. The molecule has 3 rings (SSSR count). The predicted octanol–water partition coefficient (Wildman–Crippen LogP) is 3.19. The molecule has 1 amide bonds. The SMILES string of the molecule is CNC(=O)c1c(-c2nc(Cl)ncc2F)c(=O)c2ccccc2n1C(C)C. The van der Waals surface area contributed by atoms with Gasteiger partial charge in [0.15, 0.2) is 11.2 Å². The lowest BCUT2D eigenvalue weighted by molar-refractivity contribution is 0.0953. The molecule has 6 nitrogen and oxygen atoms in total. The van der Waals surface area contributed by atoms with Crippen LogP contribution in [0.3, 0.4) is 0 Å². The number of rotatable bonds is 3. The maximum atomic E-state index is 14.5. The normalized spacial score (nSPS) is 11.2. The van der Waals surface area contributed by atoms with E-state index in [2.05, 4.69) is 15.3 Å². The Bertz CT molecular complexity index is 1080. The van der Waals surface area contributed by atoms with Crippen molar-refractivity contribution in [1.29, 1.82) is 0 Å². The van der Waals surface area contributed by atoms with E-state index in [1.54, 1.807) is 28.8 Å². The van der Waals surface area contributed by atoms with Crippen molar-refractivity contribution < 1.29 is 9.18 Å². The molecular weight excluding hydrogens is 359 g/mol. The summed E-state index contributed by atoms with van der Waals surface area (Å²) >= 11 is 5.81. The minimum atomic E-state index is -0.831. The minimum absolute atomic E-state index is 0.0277. The molecule has 0 spiro atoms. The summed E-state index contributed by atoms with van der Waals surface area (Å²) in [6, 6.07) is 6.69. The van der Waals surface area contributed by atoms with E-state index < -0.39 is 17.2 Å². The summed E-state index contributed by atoms with van der Waals surface area (Å²) in [6.45, 7) is 3.74. The third-order valence-corrected chi connectivity index (χ3v) is 4.21. The highest BCUT2D eigenvalue weighted by molar-refractivity contribution is 6.28. The summed E-state index contributed by atoms with van der Waals surface area (Å²) in [4.78, 5) is 33.3. The van der Waals surface area contributed by atoms with E-state index in [0.717, 1.165) is 6.20 Å². The van der Waals surface area contributed by atoms with Crippen LogP contribution in [0.25, 0.3) is 22.2 Å². The number of fused-ring (bicyclic) bond motifs is 1. The zero-order chi connectivity index (χ0) is 19.0. The second-order valence-corrected chi connectivity index (χ2v) is 6.29. The number of carbonyl (C=O) groups excluding carboxylic acids is 1. The van der Waals surface area contributed by atoms with Crippen molar-refractivity contribution in [3.8, 4) is 11.3 Å². The zero-order valence-electron chi connectivity index (χ0n) is 14.4. The number of hydrogen-bond donors (Lipinski definition) is 1. The molecule has 0 radical (unpaired) electrons. The van der Waals surface area contributed by atoms with Crippen LogP contribution in [0.15, 0.2) is 35.3 Å². The van der Waals surface area contributed by atoms with Gasteiger partial charge in [-0.25, -0.2) is 14.4 Å². The van der Waals surface area contributed by atoms with Crippen LogP contribution in [0.1, 0.15) is 30.4 Å². The number of halogens is 2. The van der Waals surface area contributed by atoms with Gasteiger partial charge in [0.1, 0.15) is 11.4 Å². The smallest absolute Gasteiger partial charge is 0.268 e. The van der Waals surface area contributed by atoms with Crippen LogP contribution in [-0.4, -0.2) is 27.5 Å². The van der Waals surface area contributed by atoms with Crippen LogP contribution in [0, 0.1) is 5.82 Å². The fourth-order valence-electron chi connectivity index (χ4n) is 2.98. The van der Waals surface area contributed by atoms with Gasteiger partial charge in [-0.3, -0.25) is 9.59 Å². The zero-order valence-corrected chi connectivity index (χ0v) is 15.1. The first-order valence-electron chi connectivity index (χ1n) is 7.94.